The van der Waals surface area contributed by atoms with E-state index < -0.39 is 0 Å². The molecule has 2 amide bonds. The fraction of sp³-hybridized carbons (Fsp3) is 0.524. The maximum absolute atomic E-state index is 12.2. The van der Waals surface area contributed by atoms with Gasteiger partial charge >= 0.3 is 6.03 Å². The van der Waals surface area contributed by atoms with Gasteiger partial charge in [-0.05, 0) is 64.7 Å². The van der Waals surface area contributed by atoms with Crippen LogP contribution in [0.4, 0.5) is 10.6 Å². The summed E-state index contributed by atoms with van der Waals surface area (Å²) in [6.07, 6.45) is 5.47. The van der Waals surface area contributed by atoms with E-state index in [4.69, 9.17) is 0 Å². The summed E-state index contributed by atoms with van der Waals surface area (Å²) in [6, 6.07) is 10.2. The lowest BCUT2D eigenvalue weighted by Gasteiger charge is -2.28. The van der Waals surface area contributed by atoms with Crippen molar-refractivity contribution >= 4 is 11.8 Å². The molecule has 1 aliphatic rings. The highest BCUT2D eigenvalue weighted by Gasteiger charge is 2.17. The highest BCUT2D eigenvalue weighted by molar-refractivity contribution is 5.88. The number of likely N-dealkylation sites (tertiary alicyclic amines) is 1. The monoisotopic (exact) mass is 369 g/mol. The number of piperidine rings is 1. The second-order valence-electron chi connectivity index (χ2n) is 7.64. The van der Waals surface area contributed by atoms with Crippen LogP contribution < -0.4 is 10.6 Å². The SMILES string of the molecule is Cc1cn([C@@H](C)c2ccccc2)nc1NC(=O)NCCC1CCN(C)CC1. The van der Waals surface area contributed by atoms with Crippen LogP contribution in [0.15, 0.2) is 36.5 Å². The quantitative estimate of drug-likeness (QED) is 0.817. The first-order valence-corrected chi connectivity index (χ1v) is 9.87. The molecule has 1 saturated heterocycles. The molecule has 3 rings (SSSR count). The molecule has 1 aromatic heterocycles. The van der Waals surface area contributed by atoms with Crippen molar-refractivity contribution in [3.05, 3.63) is 47.7 Å². The smallest absolute Gasteiger partial charge is 0.320 e. The van der Waals surface area contributed by atoms with Gasteiger partial charge in [0.25, 0.3) is 0 Å². The van der Waals surface area contributed by atoms with Crippen LogP contribution in [0.2, 0.25) is 0 Å². The van der Waals surface area contributed by atoms with Gasteiger partial charge in [-0.15, -0.1) is 0 Å². The number of aromatic nitrogens is 2. The molecule has 6 heteroatoms. The molecule has 0 aliphatic carbocycles. The van der Waals surface area contributed by atoms with E-state index in [-0.39, 0.29) is 12.1 Å². The summed E-state index contributed by atoms with van der Waals surface area (Å²) < 4.78 is 1.90. The van der Waals surface area contributed by atoms with Gasteiger partial charge < -0.3 is 10.2 Å². The number of aryl methyl sites for hydroxylation is 1. The molecule has 0 unspecified atom stereocenters. The van der Waals surface area contributed by atoms with Crippen molar-refractivity contribution in [3.63, 3.8) is 0 Å². The standard InChI is InChI=1S/C21H31N5O/c1-16-15-26(17(2)19-7-5-4-6-8-19)24-20(16)23-21(27)22-12-9-18-10-13-25(3)14-11-18/h4-8,15,17-18H,9-14H2,1-3H3,(H2,22,23,24,27)/t17-/m0/s1. The van der Waals surface area contributed by atoms with Crippen LogP contribution in [-0.2, 0) is 0 Å². The number of urea groups is 1. The number of hydrogen-bond acceptors (Lipinski definition) is 3. The van der Waals surface area contributed by atoms with E-state index >= 15 is 0 Å². The maximum atomic E-state index is 12.2. The number of carbonyl (C=O) groups excluding carboxylic acids is 1. The Bertz CT molecular complexity index is 734. The highest BCUT2D eigenvalue weighted by atomic mass is 16.2. The Morgan fingerprint density at radius 1 is 1.26 bits per heavy atom. The molecular weight excluding hydrogens is 338 g/mol. The average molecular weight is 370 g/mol. The van der Waals surface area contributed by atoms with Crippen molar-refractivity contribution in [2.24, 2.45) is 5.92 Å². The fourth-order valence-electron chi connectivity index (χ4n) is 3.58. The molecule has 146 valence electrons. The number of hydrogen-bond donors (Lipinski definition) is 2. The Morgan fingerprint density at radius 3 is 2.67 bits per heavy atom. The van der Waals surface area contributed by atoms with Crippen molar-refractivity contribution in [2.45, 2.75) is 39.2 Å². The molecule has 0 bridgehead atoms. The Kier molecular flexibility index (Phi) is 6.50. The lowest BCUT2D eigenvalue weighted by Crippen LogP contribution is -2.34. The van der Waals surface area contributed by atoms with Gasteiger partial charge in [0.1, 0.15) is 0 Å². The van der Waals surface area contributed by atoms with Crippen LogP contribution in [0.3, 0.4) is 0 Å². The number of rotatable bonds is 6. The van der Waals surface area contributed by atoms with E-state index in [9.17, 15) is 4.79 Å². The van der Waals surface area contributed by atoms with E-state index in [1.807, 2.05) is 36.0 Å². The lowest BCUT2D eigenvalue weighted by atomic mass is 9.94. The number of benzene rings is 1. The molecule has 2 heterocycles. The highest BCUT2D eigenvalue weighted by Crippen LogP contribution is 2.21. The van der Waals surface area contributed by atoms with Crippen LogP contribution in [0.1, 0.15) is 43.4 Å². The van der Waals surface area contributed by atoms with Crippen LogP contribution in [0, 0.1) is 12.8 Å². The van der Waals surface area contributed by atoms with Gasteiger partial charge in [0, 0.05) is 18.3 Å². The molecular formula is C21H31N5O. The first-order valence-electron chi connectivity index (χ1n) is 9.87. The van der Waals surface area contributed by atoms with Crippen molar-refractivity contribution in [2.75, 3.05) is 32.0 Å². The molecule has 1 atom stereocenters. The van der Waals surface area contributed by atoms with Gasteiger partial charge in [-0.25, -0.2) is 4.79 Å². The summed E-state index contributed by atoms with van der Waals surface area (Å²) in [4.78, 5) is 14.6. The topological polar surface area (TPSA) is 62.2 Å². The van der Waals surface area contributed by atoms with Crippen molar-refractivity contribution in [1.82, 2.24) is 20.0 Å². The summed E-state index contributed by atoms with van der Waals surface area (Å²) in [6.45, 7) is 7.10. The zero-order valence-electron chi connectivity index (χ0n) is 16.6. The first kappa shape index (κ1) is 19.4. The minimum atomic E-state index is -0.177. The molecule has 0 saturated carbocycles. The summed E-state index contributed by atoms with van der Waals surface area (Å²) in [7, 11) is 2.17. The molecule has 6 nitrogen and oxygen atoms in total. The zero-order chi connectivity index (χ0) is 19.2. The van der Waals surface area contributed by atoms with Gasteiger partial charge in [-0.2, -0.15) is 5.10 Å². The zero-order valence-corrected chi connectivity index (χ0v) is 16.6. The minimum Gasteiger partial charge on any atom is -0.338 e. The number of nitrogens with zero attached hydrogens (tertiary/aromatic N) is 3. The summed E-state index contributed by atoms with van der Waals surface area (Å²) >= 11 is 0. The fourth-order valence-corrected chi connectivity index (χ4v) is 3.58. The molecule has 1 aromatic carbocycles. The lowest BCUT2D eigenvalue weighted by molar-refractivity contribution is 0.211. The predicted molar refractivity (Wildman–Crippen MR) is 109 cm³/mol. The molecule has 1 aliphatic heterocycles. The third kappa shape index (κ3) is 5.32. The van der Waals surface area contributed by atoms with E-state index in [1.165, 1.54) is 18.4 Å². The number of amides is 2. The molecule has 0 spiro atoms. The third-order valence-corrected chi connectivity index (χ3v) is 5.50. The number of anilines is 1. The van der Waals surface area contributed by atoms with Crippen molar-refractivity contribution < 1.29 is 4.79 Å². The third-order valence-electron chi connectivity index (χ3n) is 5.50. The minimum absolute atomic E-state index is 0.118. The van der Waals surface area contributed by atoms with Gasteiger partial charge in [-0.3, -0.25) is 10.00 Å². The Labute approximate surface area is 161 Å². The predicted octanol–water partition coefficient (Wildman–Crippen LogP) is 3.65. The Hall–Kier alpha value is -2.34. The average Bonchev–Trinajstić information content (AvgIpc) is 3.04. The molecule has 1 fully saturated rings. The normalized spacial score (nSPS) is 16.9. The van der Waals surface area contributed by atoms with Crippen molar-refractivity contribution in [1.29, 1.82) is 0 Å². The Balaban J connectivity index is 1.49. The summed E-state index contributed by atoms with van der Waals surface area (Å²) in [5.41, 5.74) is 2.15. The Morgan fingerprint density at radius 2 is 1.96 bits per heavy atom. The molecule has 0 radical (unpaired) electrons. The van der Waals surface area contributed by atoms with Crippen LogP contribution >= 0.6 is 0 Å². The first-order chi connectivity index (χ1) is 13.0. The van der Waals surface area contributed by atoms with Crippen molar-refractivity contribution in [3.8, 4) is 0 Å². The van der Waals surface area contributed by atoms with E-state index in [1.54, 1.807) is 0 Å². The van der Waals surface area contributed by atoms with E-state index in [0.29, 0.717) is 18.3 Å². The van der Waals surface area contributed by atoms with E-state index in [2.05, 4.69) is 46.7 Å². The van der Waals surface area contributed by atoms with Gasteiger partial charge in [0.2, 0.25) is 0 Å². The van der Waals surface area contributed by atoms with Gasteiger partial charge in [-0.1, -0.05) is 30.3 Å². The number of nitrogens with one attached hydrogen (secondary N) is 2. The molecule has 27 heavy (non-hydrogen) atoms. The van der Waals surface area contributed by atoms with Crippen LogP contribution in [-0.4, -0.2) is 47.4 Å². The van der Waals surface area contributed by atoms with Crippen LogP contribution in [0.5, 0.6) is 0 Å². The summed E-state index contributed by atoms with van der Waals surface area (Å²) in [5.74, 6) is 1.34. The molecule has 2 aromatic rings. The largest absolute Gasteiger partial charge is 0.338 e. The van der Waals surface area contributed by atoms with Crippen LogP contribution in [0.25, 0.3) is 0 Å². The van der Waals surface area contributed by atoms with E-state index in [0.717, 1.165) is 25.1 Å². The maximum Gasteiger partial charge on any atom is 0.320 e. The van der Waals surface area contributed by atoms with Gasteiger partial charge in [0.05, 0.1) is 6.04 Å². The second kappa shape index (κ2) is 9.04. The second-order valence-corrected chi connectivity index (χ2v) is 7.64. The van der Waals surface area contributed by atoms with Gasteiger partial charge in [0.15, 0.2) is 5.82 Å². The summed E-state index contributed by atoms with van der Waals surface area (Å²) in [5, 5.41) is 10.4. The number of carbonyl (C=O) groups is 1. The molecule has 2 N–H and O–H groups in total.